The molecule has 0 saturated heterocycles. The van der Waals surface area contributed by atoms with E-state index in [9.17, 15) is 9.59 Å². The fraction of sp³-hybridized carbons (Fsp3) is 0.615. The molecule has 0 atom stereocenters. The molecule has 0 radical (unpaired) electrons. The third-order valence-corrected chi connectivity index (χ3v) is 2.99. The number of methoxy groups -OCH3 is 2. The average molecular weight is 268 g/mol. The fourth-order valence-electron chi connectivity index (χ4n) is 2.10. The Labute approximate surface area is 112 Å². The van der Waals surface area contributed by atoms with Gasteiger partial charge in [-0.05, 0) is 20.8 Å². The summed E-state index contributed by atoms with van der Waals surface area (Å²) in [6.07, 6.45) is -1.24. The lowest BCUT2D eigenvalue weighted by Gasteiger charge is -2.11. The van der Waals surface area contributed by atoms with Crippen molar-refractivity contribution >= 4 is 11.6 Å². The van der Waals surface area contributed by atoms with E-state index in [0.717, 1.165) is 5.69 Å². The molecule has 0 amide bonds. The summed E-state index contributed by atoms with van der Waals surface area (Å²) in [5.74, 6) is -0.642. The number of ketones is 2. The van der Waals surface area contributed by atoms with E-state index in [4.69, 9.17) is 9.47 Å². The molecule has 0 aliphatic carbocycles. The molecule has 0 fully saturated rings. The molecule has 0 bridgehead atoms. The molecular formula is C13H20N2O4. The van der Waals surface area contributed by atoms with Crippen LogP contribution < -0.4 is 0 Å². The molecule has 1 aromatic rings. The van der Waals surface area contributed by atoms with Crippen LogP contribution in [0.15, 0.2) is 0 Å². The SMILES string of the molecule is CCn1nc(C)c(C(=O)CC(=O)C(OC)OC)c1C. The molecule has 19 heavy (non-hydrogen) atoms. The van der Waals surface area contributed by atoms with E-state index in [2.05, 4.69) is 5.10 Å². The lowest BCUT2D eigenvalue weighted by Crippen LogP contribution is -2.27. The zero-order valence-electron chi connectivity index (χ0n) is 12.0. The Morgan fingerprint density at radius 2 is 1.84 bits per heavy atom. The Morgan fingerprint density at radius 3 is 2.26 bits per heavy atom. The first-order chi connectivity index (χ1) is 8.96. The van der Waals surface area contributed by atoms with Crippen LogP contribution in [0.4, 0.5) is 0 Å². The maximum atomic E-state index is 12.2. The van der Waals surface area contributed by atoms with E-state index < -0.39 is 12.1 Å². The Bertz CT molecular complexity index is 475. The van der Waals surface area contributed by atoms with Gasteiger partial charge in [-0.3, -0.25) is 14.3 Å². The third-order valence-electron chi connectivity index (χ3n) is 2.99. The van der Waals surface area contributed by atoms with E-state index in [1.165, 1.54) is 14.2 Å². The number of ether oxygens (including phenoxy) is 2. The van der Waals surface area contributed by atoms with Crippen molar-refractivity contribution in [1.82, 2.24) is 9.78 Å². The molecule has 0 aromatic carbocycles. The molecule has 106 valence electrons. The van der Waals surface area contributed by atoms with Crippen molar-refractivity contribution in [2.24, 2.45) is 0 Å². The highest BCUT2D eigenvalue weighted by atomic mass is 16.7. The van der Waals surface area contributed by atoms with Crippen LogP contribution in [0, 0.1) is 13.8 Å². The van der Waals surface area contributed by atoms with Crippen LogP contribution in [0.2, 0.25) is 0 Å². The van der Waals surface area contributed by atoms with Gasteiger partial charge in [-0.1, -0.05) is 0 Å². The molecular weight excluding hydrogens is 248 g/mol. The minimum absolute atomic E-state index is 0.247. The van der Waals surface area contributed by atoms with Gasteiger partial charge in [-0.15, -0.1) is 0 Å². The minimum Gasteiger partial charge on any atom is -0.349 e. The number of aromatic nitrogens is 2. The first-order valence-corrected chi connectivity index (χ1v) is 6.11. The van der Waals surface area contributed by atoms with Crippen LogP contribution in [0.3, 0.4) is 0 Å². The highest BCUT2D eigenvalue weighted by Crippen LogP contribution is 2.16. The van der Waals surface area contributed by atoms with Crippen LogP contribution in [-0.4, -0.2) is 41.9 Å². The number of hydrogen-bond acceptors (Lipinski definition) is 5. The van der Waals surface area contributed by atoms with Gasteiger partial charge in [-0.25, -0.2) is 0 Å². The van der Waals surface area contributed by atoms with Gasteiger partial charge in [0.05, 0.1) is 17.7 Å². The summed E-state index contributed by atoms with van der Waals surface area (Å²) in [4.78, 5) is 24.0. The van der Waals surface area contributed by atoms with Gasteiger partial charge in [0.1, 0.15) is 0 Å². The molecule has 6 heteroatoms. The molecule has 1 aromatic heterocycles. The van der Waals surface area contributed by atoms with Crippen molar-refractivity contribution in [3.8, 4) is 0 Å². The number of Topliss-reactive ketones (excluding diaryl/α,β-unsaturated/α-hetero) is 2. The Morgan fingerprint density at radius 1 is 1.26 bits per heavy atom. The predicted octanol–water partition coefficient (Wildman–Crippen LogP) is 1.28. The minimum atomic E-state index is -0.995. The third kappa shape index (κ3) is 3.27. The maximum absolute atomic E-state index is 12.2. The highest BCUT2D eigenvalue weighted by molar-refractivity contribution is 6.09. The topological polar surface area (TPSA) is 70.4 Å². The van der Waals surface area contributed by atoms with E-state index in [-0.39, 0.29) is 12.2 Å². The average Bonchev–Trinajstić information content (AvgIpc) is 2.65. The molecule has 0 saturated carbocycles. The van der Waals surface area contributed by atoms with Crippen molar-refractivity contribution in [2.45, 2.75) is 40.0 Å². The normalized spacial score (nSPS) is 11.1. The molecule has 0 unspecified atom stereocenters. The fourth-order valence-corrected chi connectivity index (χ4v) is 2.10. The van der Waals surface area contributed by atoms with Gasteiger partial charge in [0, 0.05) is 26.5 Å². The summed E-state index contributed by atoms with van der Waals surface area (Å²) >= 11 is 0. The molecule has 6 nitrogen and oxygen atoms in total. The summed E-state index contributed by atoms with van der Waals surface area (Å²) in [7, 11) is 2.73. The molecule has 0 aliphatic rings. The predicted molar refractivity (Wildman–Crippen MR) is 69.1 cm³/mol. The second kappa shape index (κ2) is 6.58. The van der Waals surface area contributed by atoms with Gasteiger partial charge in [-0.2, -0.15) is 5.10 Å². The first-order valence-electron chi connectivity index (χ1n) is 6.11. The van der Waals surface area contributed by atoms with Crippen LogP contribution in [0.25, 0.3) is 0 Å². The molecule has 1 rings (SSSR count). The maximum Gasteiger partial charge on any atom is 0.217 e. The summed E-state index contributed by atoms with van der Waals surface area (Å²) < 4.78 is 11.4. The van der Waals surface area contributed by atoms with E-state index in [1.54, 1.807) is 11.6 Å². The van der Waals surface area contributed by atoms with Gasteiger partial charge >= 0.3 is 0 Å². The first kappa shape index (κ1) is 15.5. The molecule has 0 N–H and O–H groups in total. The van der Waals surface area contributed by atoms with Crippen molar-refractivity contribution in [1.29, 1.82) is 0 Å². The highest BCUT2D eigenvalue weighted by Gasteiger charge is 2.24. The lowest BCUT2D eigenvalue weighted by molar-refractivity contribution is -0.155. The largest absolute Gasteiger partial charge is 0.349 e. The number of carbonyl (C=O) groups excluding carboxylic acids is 2. The Balaban J connectivity index is 2.90. The molecule has 0 aliphatic heterocycles. The van der Waals surface area contributed by atoms with Gasteiger partial charge < -0.3 is 9.47 Å². The Hall–Kier alpha value is -1.53. The monoisotopic (exact) mass is 268 g/mol. The van der Waals surface area contributed by atoms with Crippen LogP contribution >= 0.6 is 0 Å². The Kier molecular flexibility index (Phi) is 5.38. The number of rotatable bonds is 7. The van der Waals surface area contributed by atoms with E-state index in [1.807, 2.05) is 13.8 Å². The second-order valence-corrected chi connectivity index (χ2v) is 4.23. The van der Waals surface area contributed by atoms with E-state index >= 15 is 0 Å². The zero-order chi connectivity index (χ0) is 14.6. The van der Waals surface area contributed by atoms with Gasteiger partial charge in [0.25, 0.3) is 0 Å². The van der Waals surface area contributed by atoms with Crippen molar-refractivity contribution in [3.05, 3.63) is 17.0 Å². The second-order valence-electron chi connectivity index (χ2n) is 4.23. The van der Waals surface area contributed by atoms with Crippen LogP contribution in [0.1, 0.15) is 35.1 Å². The number of nitrogens with zero attached hydrogens (tertiary/aromatic N) is 2. The van der Waals surface area contributed by atoms with Crippen molar-refractivity contribution < 1.29 is 19.1 Å². The van der Waals surface area contributed by atoms with Crippen LogP contribution in [0.5, 0.6) is 0 Å². The van der Waals surface area contributed by atoms with Crippen molar-refractivity contribution in [2.75, 3.05) is 14.2 Å². The summed E-state index contributed by atoms with van der Waals surface area (Å²) in [5, 5.41) is 4.26. The lowest BCUT2D eigenvalue weighted by atomic mass is 10.0. The molecule has 0 spiro atoms. The summed E-state index contributed by atoms with van der Waals surface area (Å²) in [5.41, 5.74) is 1.94. The van der Waals surface area contributed by atoms with Gasteiger partial charge in [0.2, 0.25) is 6.29 Å². The zero-order valence-corrected chi connectivity index (χ0v) is 12.0. The molecule has 1 heterocycles. The van der Waals surface area contributed by atoms with Gasteiger partial charge in [0.15, 0.2) is 11.6 Å². The standard InChI is InChI=1S/C13H20N2O4/c1-6-15-9(3)12(8(2)14-15)10(16)7-11(17)13(18-4)19-5/h13H,6-7H2,1-5H3. The summed E-state index contributed by atoms with van der Waals surface area (Å²) in [6.45, 7) is 6.23. The number of hydrogen-bond donors (Lipinski definition) is 0. The smallest absolute Gasteiger partial charge is 0.217 e. The van der Waals surface area contributed by atoms with Crippen molar-refractivity contribution in [3.63, 3.8) is 0 Å². The quantitative estimate of drug-likeness (QED) is 0.423. The number of aryl methyl sites for hydroxylation is 2. The van der Waals surface area contributed by atoms with Crippen LogP contribution in [-0.2, 0) is 20.8 Å². The number of carbonyl (C=O) groups is 2. The summed E-state index contributed by atoms with van der Waals surface area (Å²) in [6, 6.07) is 0. The van der Waals surface area contributed by atoms with E-state index in [0.29, 0.717) is 17.8 Å².